The summed E-state index contributed by atoms with van der Waals surface area (Å²) in [6.45, 7) is 4.58. The standard InChI is InChI=1S/C12H22N2O3/c1-2-17-10-11(15)13-7-6-12(16)14-8-4-3-5-9-14/h2-10H2,1H3,(H,13,15). The molecular formula is C12H22N2O3. The van der Waals surface area contributed by atoms with Gasteiger partial charge in [-0.25, -0.2) is 0 Å². The quantitative estimate of drug-likeness (QED) is 0.739. The predicted molar refractivity (Wildman–Crippen MR) is 64.6 cm³/mol. The van der Waals surface area contributed by atoms with Crippen LogP contribution in [-0.4, -0.2) is 49.6 Å². The second-order valence-electron chi connectivity index (χ2n) is 4.18. The van der Waals surface area contributed by atoms with E-state index < -0.39 is 0 Å². The highest BCUT2D eigenvalue weighted by Gasteiger charge is 2.15. The molecule has 1 fully saturated rings. The van der Waals surface area contributed by atoms with Crippen molar-refractivity contribution < 1.29 is 14.3 Å². The zero-order valence-corrected chi connectivity index (χ0v) is 10.5. The molecule has 2 amide bonds. The van der Waals surface area contributed by atoms with Crippen molar-refractivity contribution in [1.82, 2.24) is 10.2 Å². The van der Waals surface area contributed by atoms with Gasteiger partial charge >= 0.3 is 0 Å². The topological polar surface area (TPSA) is 58.6 Å². The van der Waals surface area contributed by atoms with Crippen molar-refractivity contribution >= 4 is 11.8 Å². The maximum Gasteiger partial charge on any atom is 0.246 e. The van der Waals surface area contributed by atoms with Crippen molar-refractivity contribution in [2.24, 2.45) is 0 Å². The van der Waals surface area contributed by atoms with Gasteiger partial charge in [-0.05, 0) is 26.2 Å². The van der Waals surface area contributed by atoms with Crippen molar-refractivity contribution in [3.8, 4) is 0 Å². The summed E-state index contributed by atoms with van der Waals surface area (Å²) in [5, 5.41) is 2.68. The zero-order chi connectivity index (χ0) is 12.5. The Labute approximate surface area is 102 Å². The summed E-state index contributed by atoms with van der Waals surface area (Å²) in [4.78, 5) is 24.8. The second kappa shape index (κ2) is 8.06. The Hall–Kier alpha value is -1.10. The Morgan fingerprint density at radius 2 is 1.94 bits per heavy atom. The van der Waals surface area contributed by atoms with Gasteiger partial charge in [0.15, 0.2) is 0 Å². The first kappa shape index (κ1) is 14.0. The molecule has 1 saturated heterocycles. The van der Waals surface area contributed by atoms with Crippen LogP contribution in [0.15, 0.2) is 0 Å². The molecule has 0 atom stereocenters. The van der Waals surface area contributed by atoms with Gasteiger partial charge < -0.3 is 15.0 Å². The summed E-state index contributed by atoms with van der Waals surface area (Å²) in [6, 6.07) is 0. The van der Waals surface area contributed by atoms with Crippen molar-refractivity contribution in [2.75, 3.05) is 32.8 Å². The van der Waals surface area contributed by atoms with Crippen LogP contribution in [0.25, 0.3) is 0 Å². The van der Waals surface area contributed by atoms with Gasteiger partial charge in [-0.3, -0.25) is 9.59 Å². The third-order valence-electron chi connectivity index (χ3n) is 2.81. The number of hydrogen-bond acceptors (Lipinski definition) is 3. The lowest BCUT2D eigenvalue weighted by molar-refractivity contribution is -0.132. The fourth-order valence-electron chi connectivity index (χ4n) is 1.86. The number of amides is 2. The van der Waals surface area contributed by atoms with Crippen molar-refractivity contribution in [1.29, 1.82) is 0 Å². The van der Waals surface area contributed by atoms with Crippen LogP contribution in [0.3, 0.4) is 0 Å². The summed E-state index contributed by atoms with van der Waals surface area (Å²) in [5.74, 6) is -0.0142. The summed E-state index contributed by atoms with van der Waals surface area (Å²) >= 11 is 0. The van der Waals surface area contributed by atoms with Gasteiger partial charge in [0.05, 0.1) is 0 Å². The highest BCUT2D eigenvalue weighted by atomic mass is 16.5. The second-order valence-corrected chi connectivity index (χ2v) is 4.18. The van der Waals surface area contributed by atoms with E-state index >= 15 is 0 Å². The van der Waals surface area contributed by atoms with Crippen LogP contribution in [-0.2, 0) is 14.3 Å². The van der Waals surface area contributed by atoms with Crippen LogP contribution < -0.4 is 5.32 Å². The third-order valence-corrected chi connectivity index (χ3v) is 2.81. The first-order valence-corrected chi connectivity index (χ1v) is 6.36. The summed E-state index contributed by atoms with van der Waals surface area (Å²) in [7, 11) is 0. The molecular weight excluding hydrogens is 220 g/mol. The fraction of sp³-hybridized carbons (Fsp3) is 0.833. The Morgan fingerprint density at radius 1 is 1.24 bits per heavy atom. The Morgan fingerprint density at radius 3 is 2.59 bits per heavy atom. The normalized spacial score (nSPS) is 15.7. The Bertz CT molecular complexity index is 250. The van der Waals surface area contributed by atoms with Crippen LogP contribution in [0.2, 0.25) is 0 Å². The SMILES string of the molecule is CCOCC(=O)NCCC(=O)N1CCCCC1. The molecule has 0 unspecified atom stereocenters. The minimum Gasteiger partial charge on any atom is -0.372 e. The van der Waals surface area contributed by atoms with Crippen molar-refractivity contribution in [2.45, 2.75) is 32.6 Å². The van der Waals surface area contributed by atoms with E-state index in [-0.39, 0.29) is 18.4 Å². The largest absolute Gasteiger partial charge is 0.372 e. The number of nitrogens with one attached hydrogen (secondary N) is 1. The lowest BCUT2D eigenvalue weighted by Crippen LogP contribution is -2.38. The molecule has 0 bridgehead atoms. The number of ether oxygens (including phenoxy) is 1. The molecule has 0 spiro atoms. The molecule has 0 radical (unpaired) electrons. The molecule has 0 aromatic carbocycles. The third kappa shape index (κ3) is 5.68. The predicted octanol–water partition coefficient (Wildman–Crippen LogP) is 0.542. The van der Waals surface area contributed by atoms with Gasteiger partial charge in [0.2, 0.25) is 11.8 Å². The number of likely N-dealkylation sites (tertiary alicyclic amines) is 1. The maximum atomic E-state index is 11.7. The monoisotopic (exact) mass is 242 g/mol. The molecule has 1 heterocycles. The minimum atomic E-state index is -0.154. The summed E-state index contributed by atoms with van der Waals surface area (Å²) in [5.41, 5.74) is 0. The molecule has 1 aliphatic rings. The van der Waals surface area contributed by atoms with Gasteiger partial charge in [0.25, 0.3) is 0 Å². The minimum absolute atomic E-state index is 0.0778. The lowest BCUT2D eigenvalue weighted by Gasteiger charge is -2.26. The number of hydrogen-bond donors (Lipinski definition) is 1. The summed E-state index contributed by atoms with van der Waals surface area (Å²) < 4.78 is 4.96. The Kier molecular flexibility index (Phi) is 6.62. The van der Waals surface area contributed by atoms with E-state index in [0.29, 0.717) is 19.6 Å². The van der Waals surface area contributed by atoms with E-state index in [2.05, 4.69) is 5.32 Å². The first-order valence-electron chi connectivity index (χ1n) is 6.36. The van der Waals surface area contributed by atoms with E-state index in [1.165, 1.54) is 6.42 Å². The molecule has 5 nitrogen and oxygen atoms in total. The van der Waals surface area contributed by atoms with E-state index in [1.807, 2.05) is 11.8 Å². The van der Waals surface area contributed by atoms with Gasteiger partial charge in [-0.2, -0.15) is 0 Å². The number of carbonyl (C=O) groups excluding carboxylic acids is 2. The van der Waals surface area contributed by atoms with Crippen LogP contribution in [0.5, 0.6) is 0 Å². The molecule has 0 aliphatic carbocycles. The lowest BCUT2D eigenvalue weighted by atomic mass is 10.1. The van der Waals surface area contributed by atoms with Crippen LogP contribution in [0.4, 0.5) is 0 Å². The molecule has 1 N–H and O–H groups in total. The Balaban J connectivity index is 2.08. The fourth-order valence-corrected chi connectivity index (χ4v) is 1.86. The average Bonchev–Trinajstić information content (AvgIpc) is 2.37. The van der Waals surface area contributed by atoms with E-state index in [4.69, 9.17) is 4.74 Å². The van der Waals surface area contributed by atoms with Crippen molar-refractivity contribution in [3.05, 3.63) is 0 Å². The number of nitrogens with zero attached hydrogens (tertiary/aromatic N) is 1. The molecule has 98 valence electrons. The number of rotatable bonds is 6. The van der Waals surface area contributed by atoms with E-state index in [9.17, 15) is 9.59 Å². The number of carbonyl (C=O) groups is 2. The average molecular weight is 242 g/mol. The van der Waals surface area contributed by atoms with Crippen molar-refractivity contribution in [3.63, 3.8) is 0 Å². The molecule has 0 saturated carbocycles. The van der Waals surface area contributed by atoms with Crippen LogP contribution in [0, 0.1) is 0 Å². The molecule has 0 aromatic rings. The molecule has 1 aliphatic heterocycles. The maximum absolute atomic E-state index is 11.7. The smallest absolute Gasteiger partial charge is 0.246 e. The van der Waals surface area contributed by atoms with Gasteiger partial charge in [0, 0.05) is 32.7 Å². The van der Waals surface area contributed by atoms with Gasteiger partial charge in [0.1, 0.15) is 6.61 Å². The van der Waals surface area contributed by atoms with Gasteiger partial charge in [-0.1, -0.05) is 0 Å². The number of piperidine rings is 1. The zero-order valence-electron chi connectivity index (χ0n) is 10.5. The molecule has 17 heavy (non-hydrogen) atoms. The summed E-state index contributed by atoms with van der Waals surface area (Å²) in [6.07, 6.45) is 3.80. The van der Waals surface area contributed by atoms with Crippen LogP contribution >= 0.6 is 0 Å². The van der Waals surface area contributed by atoms with E-state index in [0.717, 1.165) is 25.9 Å². The molecule has 1 rings (SSSR count). The highest BCUT2D eigenvalue weighted by Crippen LogP contribution is 2.09. The highest BCUT2D eigenvalue weighted by molar-refractivity contribution is 5.79. The molecule has 5 heteroatoms. The first-order chi connectivity index (χ1) is 8.24. The molecule has 0 aromatic heterocycles. The van der Waals surface area contributed by atoms with Crippen LogP contribution in [0.1, 0.15) is 32.6 Å². The van der Waals surface area contributed by atoms with E-state index in [1.54, 1.807) is 0 Å². The van der Waals surface area contributed by atoms with Gasteiger partial charge in [-0.15, -0.1) is 0 Å².